The maximum atomic E-state index is 12.4. The molecule has 0 spiro atoms. The van der Waals surface area contributed by atoms with Crippen molar-refractivity contribution in [1.29, 1.82) is 0 Å². The molecule has 3 rings (SSSR count). The highest BCUT2D eigenvalue weighted by atomic mass is 16.5. The number of rotatable bonds is 8. The van der Waals surface area contributed by atoms with Crippen LogP contribution in [0.5, 0.6) is 0 Å². The number of carbonyl (C=O) groups is 1. The average Bonchev–Trinajstić information content (AvgIpc) is 3.22. The molecule has 0 amide bonds. The third-order valence-corrected chi connectivity index (χ3v) is 5.88. The molecule has 0 saturated carbocycles. The van der Waals surface area contributed by atoms with Crippen molar-refractivity contribution >= 4 is 11.6 Å². The summed E-state index contributed by atoms with van der Waals surface area (Å²) in [6.45, 7) is 15.4. The molecule has 1 unspecified atom stereocenters. The second-order valence-electron chi connectivity index (χ2n) is 9.47. The lowest BCUT2D eigenvalue weighted by Gasteiger charge is -2.35. The van der Waals surface area contributed by atoms with Gasteiger partial charge in [0.05, 0.1) is 5.69 Å². The number of anilines is 1. The van der Waals surface area contributed by atoms with Gasteiger partial charge in [-0.2, -0.15) is 0 Å². The molecule has 0 aromatic carbocycles. The summed E-state index contributed by atoms with van der Waals surface area (Å²) in [5.74, 6) is 2.17. The molecule has 0 bridgehead atoms. The van der Waals surface area contributed by atoms with Gasteiger partial charge in [-0.1, -0.05) is 46.2 Å². The number of carbonyl (C=O) groups excluding carboxylic acids is 1. The molecule has 1 aliphatic heterocycles. The molecule has 1 aliphatic rings. The Balaban J connectivity index is 1.47. The molecule has 164 valence electrons. The zero-order valence-corrected chi connectivity index (χ0v) is 19.1. The van der Waals surface area contributed by atoms with Crippen molar-refractivity contribution in [2.75, 3.05) is 37.6 Å². The number of pyridine rings is 1. The predicted molar refractivity (Wildman–Crippen MR) is 120 cm³/mol. The Bertz CT molecular complexity index is 814. The quantitative estimate of drug-likeness (QED) is 0.601. The fourth-order valence-electron chi connectivity index (χ4n) is 3.82. The summed E-state index contributed by atoms with van der Waals surface area (Å²) in [5.41, 5.74) is 1.75. The standard InChI is InChI=1S/C24H36N4O2/c1-6-7-18(2)23(29)19-8-9-22(25-17-19)28-14-12-27(13-15-28)11-10-20-16-21(30-26-20)24(3,4)5/h8-9,16-18H,6-7,10-15H2,1-5H3. The Labute approximate surface area is 180 Å². The molecule has 0 N–H and O–H groups in total. The molecular formula is C24H36N4O2. The van der Waals surface area contributed by atoms with Gasteiger partial charge in [-0.15, -0.1) is 0 Å². The summed E-state index contributed by atoms with van der Waals surface area (Å²) in [6, 6.07) is 6.01. The number of piperazine rings is 1. The number of hydrogen-bond acceptors (Lipinski definition) is 6. The van der Waals surface area contributed by atoms with Crippen LogP contribution in [0.3, 0.4) is 0 Å². The summed E-state index contributed by atoms with van der Waals surface area (Å²) in [6.07, 6.45) is 4.60. The molecule has 6 heteroatoms. The van der Waals surface area contributed by atoms with E-state index in [1.165, 1.54) is 0 Å². The van der Waals surface area contributed by atoms with E-state index in [0.717, 1.165) is 74.8 Å². The Hall–Kier alpha value is -2.21. The van der Waals surface area contributed by atoms with Gasteiger partial charge in [0.1, 0.15) is 11.6 Å². The van der Waals surface area contributed by atoms with Crippen molar-refractivity contribution in [3.05, 3.63) is 41.4 Å². The fraction of sp³-hybridized carbons (Fsp3) is 0.625. The first-order valence-corrected chi connectivity index (χ1v) is 11.2. The molecule has 30 heavy (non-hydrogen) atoms. The van der Waals surface area contributed by atoms with E-state index in [-0.39, 0.29) is 17.1 Å². The monoisotopic (exact) mass is 412 g/mol. The lowest BCUT2D eigenvalue weighted by Crippen LogP contribution is -2.47. The molecule has 1 saturated heterocycles. The van der Waals surface area contributed by atoms with Crippen LogP contribution < -0.4 is 4.90 Å². The van der Waals surface area contributed by atoms with E-state index in [0.29, 0.717) is 0 Å². The fourth-order valence-corrected chi connectivity index (χ4v) is 3.82. The highest BCUT2D eigenvalue weighted by Gasteiger charge is 2.22. The molecule has 3 heterocycles. The van der Waals surface area contributed by atoms with Gasteiger partial charge in [0, 0.05) is 68.3 Å². The van der Waals surface area contributed by atoms with Crippen molar-refractivity contribution in [2.24, 2.45) is 5.92 Å². The summed E-state index contributed by atoms with van der Waals surface area (Å²) in [4.78, 5) is 21.8. The van der Waals surface area contributed by atoms with Crippen LogP contribution in [-0.2, 0) is 11.8 Å². The highest BCUT2D eigenvalue weighted by molar-refractivity contribution is 5.97. The van der Waals surface area contributed by atoms with Crippen LogP contribution in [-0.4, -0.2) is 53.5 Å². The number of aromatic nitrogens is 2. The number of hydrogen-bond donors (Lipinski definition) is 0. The van der Waals surface area contributed by atoms with E-state index >= 15 is 0 Å². The van der Waals surface area contributed by atoms with Crippen molar-refractivity contribution in [2.45, 2.75) is 59.3 Å². The summed E-state index contributed by atoms with van der Waals surface area (Å²) in [7, 11) is 0. The topological polar surface area (TPSA) is 62.5 Å². The van der Waals surface area contributed by atoms with Crippen molar-refractivity contribution in [1.82, 2.24) is 15.0 Å². The minimum atomic E-state index is -0.00191. The molecule has 0 aliphatic carbocycles. The second-order valence-corrected chi connectivity index (χ2v) is 9.47. The Morgan fingerprint density at radius 1 is 1.20 bits per heavy atom. The van der Waals surface area contributed by atoms with E-state index in [4.69, 9.17) is 4.52 Å². The maximum Gasteiger partial charge on any atom is 0.167 e. The van der Waals surface area contributed by atoms with E-state index in [1.54, 1.807) is 6.20 Å². The van der Waals surface area contributed by atoms with Crippen LogP contribution in [0.2, 0.25) is 0 Å². The van der Waals surface area contributed by atoms with Crippen LogP contribution in [0.25, 0.3) is 0 Å². The first kappa shape index (κ1) is 22.5. The first-order valence-electron chi connectivity index (χ1n) is 11.2. The number of Topliss-reactive ketones (excluding diaryl/α,β-unsaturated/α-hetero) is 1. The highest BCUT2D eigenvalue weighted by Crippen LogP contribution is 2.23. The number of nitrogens with zero attached hydrogens (tertiary/aromatic N) is 4. The second kappa shape index (κ2) is 9.73. The van der Waals surface area contributed by atoms with Gasteiger partial charge >= 0.3 is 0 Å². The van der Waals surface area contributed by atoms with Gasteiger partial charge in [-0.25, -0.2) is 4.98 Å². The molecule has 1 atom stereocenters. The van der Waals surface area contributed by atoms with Gasteiger partial charge in [-0.3, -0.25) is 9.69 Å². The van der Waals surface area contributed by atoms with Gasteiger partial charge in [0.15, 0.2) is 5.78 Å². The maximum absolute atomic E-state index is 12.4. The van der Waals surface area contributed by atoms with Crippen LogP contribution in [0.1, 0.15) is 69.3 Å². The molecule has 6 nitrogen and oxygen atoms in total. The van der Waals surface area contributed by atoms with E-state index < -0.39 is 0 Å². The van der Waals surface area contributed by atoms with Crippen molar-refractivity contribution < 1.29 is 9.32 Å². The smallest absolute Gasteiger partial charge is 0.167 e. The molecular weight excluding hydrogens is 376 g/mol. The molecule has 2 aromatic rings. The summed E-state index contributed by atoms with van der Waals surface area (Å²) < 4.78 is 5.49. The van der Waals surface area contributed by atoms with Crippen LogP contribution in [0.15, 0.2) is 28.9 Å². The average molecular weight is 413 g/mol. The third kappa shape index (κ3) is 5.69. The minimum Gasteiger partial charge on any atom is -0.361 e. The molecule has 1 fully saturated rings. The largest absolute Gasteiger partial charge is 0.361 e. The zero-order chi connectivity index (χ0) is 21.7. The zero-order valence-electron chi connectivity index (χ0n) is 19.1. The van der Waals surface area contributed by atoms with Crippen molar-refractivity contribution in [3.63, 3.8) is 0 Å². The van der Waals surface area contributed by atoms with Gasteiger partial charge in [0.2, 0.25) is 0 Å². The number of ketones is 1. The first-order chi connectivity index (χ1) is 14.3. The lowest BCUT2D eigenvalue weighted by atomic mass is 9.93. The lowest BCUT2D eigenvalue weighted by molar-refractivity contribution is 0.0923. The summed E-state index contributed by atoms with van der Waals surface area (Å²) in [5, 5.41) is 4.23. The van der Waals surface area contributed by atoms with Gasteiger partial charge in [-0.05, 0) is 18.6 Å². The van der Waals surface area contributed by atoms with Crippen LogP contribution in [0, 0.1) is 5.92 Å². The van der Waals surface area contributed by atoms with E-state index in [9.17, 15) is 4.79 Å². The Kier molecular flexibility index (Phi) is 7.29. The SMILES string of the molecule is CCCC(C)C(=O)c1ccc(N2CCN(CCc3cc(C(C)(C)C)on3)CC2)nc1. The van der Waals surface area contributed by atoms with Gasteiger partial charge in [0.25, 0.3) is 0 Å². The molecule has 0 radical (unpaired) electrons. The normalized spacial score (nSPS) is 16.6. The van der Waals surface area contributed by atoms with Gasteiger partial charge < -0.3 is 9.42 Å². The summed E-state index contributed by atoms with van der Waals surface area (Å²) >= 11 is 0. The third-order valence-electron chi connectivity index (χ3n) is 5.88. The van der Waals surface area contributed by atoms with E-state index in [1.807, 2.05) is 19.1 Å². The minimum absolute atomic E-state index is 0.00191. The predicted octanol–water partition coefficient (Wildman–Crippen LogP) is 4.35. The molecule has 2 aromatic heterocycles. The van der Waals surface area contributed by atoms with Crippen LogP contribution >= 0.6 is 0 Å². The van der Waals surface area contributed by atoms with Crippen molar-refractivity contribution in [3.8, 4) is 0 Å². The van der Waals surface area contributed by atoms with Crippen LogP contribution in [0.4, 0.5) is 5.82 Å². The Morgan fingerprint density at radius 3 is 2.50 bits per heavy atom. The Morgan fingerprint density at radius 2 is 1.93 bits per heavy atom. The van der Waals surface area contributed by atoms with E-state index in [2.05, 4.69) is 53.7 Å².